The summed E-state index contributed by atoms with van der Waals surface area (Å²) in [6.45, 7) is 0. The number of rotatable bonds is 2. The Labute approximate surface area is 141 Å². The van der Waals surface area contributed by atoms with E-state index < -0.39 is 16.7 Å². The molecule has 0 aliphatic heterocycles. The van der Waals surface area contributed by atoms with Gasteiger partial charge in [-0.1, -0.05) is 17.4 Å². The number of halogens is 3. The van der Waals surface area contributed by atoms with Gasteiger partial charge in [-0.3, -0.25) is 9.59 Å². The Morgan fingerprint density at radius 1 is 1.32 bits per heavy atom. The van der Waals surface area contributed by atoms with Crippen LogP contribution in [0.2, 0.25) is 0 Å². The standard InChI is InChI=1S/C14H9F3N4O3S/c1-24-9-5-6(2-3-8(9)22)4-7-10(18)21-13(19-11(7)23)25-12(20-21)14(15,16)17/h2-5H,18H2,1H3/b6-4+. The number of aromatic nitrogens is 3. The van der Waals surface area contributed by atoms with E-state index in [0.717, 1.165) is 4.52 Å². The number of nitrogen functional groups attached to an aromatic ring is 1. The maximum Gasteiger partial charge on any atom is 0.445 e. The van der Waals surface area contributed by atoms with Crippen LogP contribution in [0.3, 0.4) is 0 Å². The maximum absolute atomic E-state index is 12.8. The normalized spacial score (nSPS) is 16.6. The number of carbonyl (C=O) groups excluding carboxylic acids is 1. The monoisotopic (exact) mass is 370 g/mol. The quantitative estimate of drug-likeness (QED) is 0.865. The molecule has 11 heteroatoms. The van der Waals surface area contributed by atoms with Crippen molar-refractivity contribution in [3.05, 3.63) is 50.5 Å². The van der Waals surface area contributed by atoms with Gasteiger partial charge in [0.15, 0.2) is 5.76 Å². The maximum atomic E-state index is 12.8. The fourth-order valence-corrected chi connectivity index (χ4v) is 2.84. The number of nitrogens with two attached hydrogens (primary N) is 1. The third kappa shape index (κ3) is 3.05. The van der Waals surface area contributed by atoms with E-state index in [-0.39, 0.29) is 39.2 Å². The molecular weight excluding hydrogens is 361 g/mol. The van der Waals surface area contributed by atoms with Crippen molar-refractivity contribution >= 4 is 34.0 Å². The lowest BCUT2D eigenvalue weighted by Crippen LogP contribution is -2.17. The van der Waals surface area contributed by atoms with Crippen molar-refractivity contribution in [2.75, 3.05) is 12.8 Å². The second kappa shape index (κ2) is 5.84. The van der Waals surface area contributed by atoms with Gasteiger partial charge in [-0.2, -0.15) is 22.7 Å². The number of carbonyl (C=O) groups is 1. The predicted octanol–water partition coefficient (Wildman–Crippen LogP) is 1.80. The highest BCUT2D eigenvalue weighted by atomic mass is 32.1. The second-order valence-corrected chi connectivity index (χ2v) is 5.83. The number of nitrogens with zero attached hydrogens (tertiary/aromatic N) is 3. The van der Waals surface area contributed by atoms with E-state index in [1.807, 2.05) is 0 Å². The lowest BCUT2D eigenvalue weighted by atomic mass is 10.0. The number of ether oxygens (including phenoxy) is 1. The van der Waals surface area contributed by atoms with Crippen molar-refractivity contribution in [1.29, 1.82) is 0 Å². The fraction of sp³-hybridized carbons (Fsp3) is 0.143. The van der Waals surface area contributed by atoms with Crippen molar-refractivity contribution in [3.63, 3.8) is 0 Å². The lowest BCUT2D eigenvalue weighted by Gasteiger charge is -2.08. The van der Waals surface area contributed by atoms with Crippen LogP contribution in [0.15, 0.2) is 34.4 Å². The van der Waals surface area contributed by atoms with Crippen molar-refractivity contribution in [2.45, 2.75) is 6.18 Å². The van der Waals surface area contributed by atoms with Crippen molar-refractivity contribution in [1.82, 2.24) is 14.6 Å². The van der Waals surface area contributed by atoms with E-state index >= 15 is 0 Å². The number of allylic oxidation sites excluding steroid dienone is 4. The number of hydrogen-bond donors (Lipinski definition) is 1. The molecule has 2 N–H and O–H groups in total. The Morgan fingerprint density at radius 2 is 2.04 bits per heavy atom. The predicted molar refractivity (Wildman–Crippen MR) is 83.8 cm³/mol. The van der Waals surface area contributed by atoms with E-state index in [1.165, 1.54) is 31.4 Å². The van der Waals surface area contributed by atoms with Gasteiger partial charge in [0.25, 0.3) is 5.56 Å². The summed E-state index contributed by atoms with van der Waals surface area (Å²) in [5.41, 5.74) is 5.25. The number of alkyl halides is 3. The molecule has 0 spiro atoms. The Morgan fingerprint density at radius 3 is 2.68 bits per heavy atom. The van der Waals surface area contributed by atoms with Crippen LogP contribution in [-0.2, 0) is 15.7 Å². The van der Waals surface area contributed by atoms with Crippen LogP contribution < -0.4 is 11.3 Å². The number of fused-ring (bicyclic) bond motifs is 1. The fourth-order valence-electron chi connectivity index (χ4n) is 2.07. The summed E-state index contributed by atoms with van der Waals surface area (Å²) >= 11 is 0.216. The zero-order valence-electron chi connectivity index (χ0n) is 12.5. The van der Waals surface area contributed by atoms with E-state index in [2.05, 4.69) is 10.1 Å². The molecule has 1 aliphatic carbocycles. The minimum Gasteiger partial charge on any atom is -0.493 e. The molecule has 25 heavy (non-hydrogen) atoms. The third-order valence-corrected chi connectivity index (χ3v) is 4.19. The first-order valence-electron chi connectivity index (χ1n) is 6.67. The molecule has 7 nitrogen and oxygen atoms in total. The summed E-state index contributed by atoms with van der Waals surface area (Å²) in [6.07, 6.45) is 0.648. The smallest absolute Gasteiger partial charge is 0.445 e. The highest BCUT2D eigenvalue weighted by molar-refractivity contribution is 7.16. The van der Waals surface area contributed by atoms with Gasteiger partial charge < -0.3 is 10.5 Å². The van der Waals surface area contributed by atoms with Gasteiger partial charge in [0, 0.05) is 0 Å². The molecule has 0 saturated carbocycles. The molecule has 0 radical (unpaired) electrons. The highest BCUT2D eigenvalue weighted by Crippen LogP contribution is 2.33. The first kappa shape index (κ1) is 16.9. The van der Waals surface area contributed by atoms with Gasteiger partial charge in [-0.15, -0.1) is 5.10 Å². The second-order valence-electron chi connectivity index (χ2n) is 4.87. The number of anilines is 1. The third-order valence-electron chi connectivity index (χ3n) is 3.23. The summed E-state index contributed by atoms with van der Waals surface area (Å²) in [7, 11) is 1.31. The summed E-state index contributed by atoms with van der Waals surface area (Å²) in [4.78, 5) is 26.9. The van der Waals surface area contributed by atoms with Crippen molar-refractivity contribution < 1.29 is 22.7 Å². The highest BCUT2D eigenvalue weighted by Gasteiger charge is 2.36. The van der Waals surface area contributed by atoms with Gasteiger partial charge in [-0.05, 0) is 23.8 Å². The molecule has 0 amide bonds. The lowest BCUT2D eigenvalue weighted by molar-refractivity contribution is -0.138. The molecule has 1 aliphatic rings. The SMILES string of the molecule is COC1=C/C(=C/c2c(N)n3nc(C(F)(F)F)sc3nc2=O)C=CC1=O. The molecule has 2 heterocycles. The Balaban J connectivity index is 2.16. The van der Waals surface area contributed by atoms with Gasteiger partial charge in [0.1, 0.15) is 5.82 Å². The van der Waals surface area contributed by atoms with Crippen molar-refractivity contribution in [2.24, 2.45) is 0 Å². The average Bonchev–Trinajstić information content (AvgIpc) is 2.97. The summed E-state index contributed by atoms with van der Waals surface area (Å²) < 4.78 is 44.0. The van der Waals surface area contributed by atoms with Crippen LogP contribution in [0.4, 0.5) is 19.0 Å². The summed E-state index contributed by atoms with van der Waals surface area (Å²) in [6, 6.07) is 0. The van der Waals surface area contributed by atoms with Crippen molar-refractivity contribution in [3.8, 4) is 0 Å². The van der Waals surface area contributed by atoms with E-state index in [0.29, 0.717) is 5.57 Å². The van der Waals surface area contributed by atoms with Gasteiger partial charge in [0.2, 0.25) is 15.8 Å². The van der Waals surface area contributed by atoms with Gasteiger partial charge >= 0.3 is 6.18 Å². The Hall–Kier alpha value is -2.95. The summed E-state index contributed by atoms with van der Waals surface area (Å²) in [5, 5.41) is 2.20. The molecule has 0 saturated heterocycles. The molecule has 3 rings (SSSR count). The molecule has 0 aromatic carbocycles. The topological polar surface area (TPSA) is 99.6 Å². The molecule has 130 valence electrons. The van der Waals surface area contributed by atoms with Crippen LogP contribution >= 0.6 is 11.3 Å². The molecule has 0 unspecified atom stereocenters. The molecule has 0 fully saturated rings. The first-order valence-corrected chi connectivity index (χ1v) is 7.48. The molecule has 0 bridgehead atoms. The Kier molecular flexibility index (Phi) is 3.95. The van der Waals surface area contributed by atoms with Gasteiger partial charge in [0.05, 0.1) is 12.7 Å². The molecule has 0 atom stereocenters. The molecule has 2 aromatic heterocycles. The zero-order valence-corrected chi connectivity index (χ0v) is 13.3. The van der Waals surface area contributed by atoms with E-state index in [1.54, 1.807) is 0 Å². The number of ketones is 1. The van der Waals surface area contributed by atoms with Crippen LogP contribution in [-0.4, -0.2) is 27.5 Å². The van der Waals surface area contributed by atoms with E-state index in [4.69, 9.17) is 10.5 Å². The van der Waals surface area contributed by atoms with Crippen LogP contribution in [0, 0.1) is 0 Å². The largest absolute Gasteiger partial charge is 0.493 e. The number of methoxy groups -OCH3 is 1. The number of hydrogen-bond acceptors (Lipinski definition) is 7. The van der Waals surface area contributed by atoms with Crippen LogP contribution in [0.1, 0.15) is 10.6 Å². The minimum atomic E-state index is -4.67. The molecular formula is C14H9F3N4O3S. The minimum absolute atomic E-state index is 0.0504. The summed E-state index contributed by atoms with van der Waals surface area (Å²) in [5.74, 6) is -0.589. The first-order chi connectivity index (χ1) is 11.7. The van der Waals surface area contributed by atoms with E-state index in [9.17, 15) is 22.8 Å². The van der Waals surface area contributed by atoms with Crippen LogP contribution in [0.25, 0.3) is 11.0 Å². The van der Waals surface area contributed by atoms with Gasteiger partial charge in [-0.25, -0.2) is 0 Å². The van der Waals surface area contributed by atoms with Crippen LogP contribution in [0.5, 0.6) is 0 Å². The average molecular weight is 370 g/mol. The molecule has 2 aromatic rings. The Bertz CT molecular complexity index is 1030. The zero-order chi connectivity index (χ0) is 18.4.